The number of carbonyl (C=O) groups excluding carboxylic acids is 3. The molecule has 0 bridgehead atoms. The number of carbonyl (C=O) groups is 3. The maximum Gasteiger partial charge on any atom is 0.264 e. The lowest BCUT2D eigenvalue weighted by molar-refractivity contribution is -0.127. The van der Waals surface area contributed by atoms with E-state index >= 15 is 0 Å². The second-order valence-corrected chi connectivity index (χ2v) is 10.6. The fraction of sp³-hybridized carbons (Fsp3) is 0.348. The Morgan fingerprint density at radius 2 is 1.67 bits per heavy atom. The van der Waals surface area contributed by atoms with Gasteiger partial charge in [0.2, 0.25) is 11.8 Å². The van der Waals surface area contributed by atoms with Crippen molar-refractivity contribution in [2.45, 2.75) is 38.0 Å². The maximum atomic E-state index is 12.6. The Balaban J connectivity index is 1.59. The summed E-state index contributed by atoms with van der Waals surface area (Å²) in [5, 5.41) is 3.04. The van der Waals surface area contributed by atoms with E-state index in [0.29, 0.717) is 23.6 Å². The van der Waals surface area contributed by atoms with E-state index in [-0.39, 0.29) is 17.3 Å². The third-order valence-electron chi connectivity index (χ3n) is 5.42. The number of benzene rings is 2. The van der Waals surface area contributed by atoms with Crippen LogP contribution in [-0.2, 0) is 19.6 Å². The van der Waals surface area contributed by atoms with Gasteiger partial charge in [0.1, 0.15) is 0 Å². The van der Waals surface area contributed by atoms with Gasteiger partial charge in [0.25, 0.3) is 15.9 Å². The summed E-state index contributed by atoms with van der Waals surface area (Å²) >= 11 is 5.78. The van der Waals surface area contributed by atoms with Gasteiger partial charge in [0, 0.05) is 35.8 Å². The second-order valence-electron chi connectivity index (χ2n) is 8.50. The van der Waals surface area contributed by atoms with Gasteiger partial charge in [-0.15, -0.1) is 0 Å². The molecule has 0 unspecified atom stereocenters. The van der Waals surface area contributed by atoms with Crippen molar-refractivity contribution in [3.8, 4) is 0 Å². The Morgan fingerprint density at radius 3 is 2.27 bits per heavy atom. The molecule has 8 nitrogen and oxygen atoms in total. The Hall–Kier alpha value is -2.91. The third-order valence-corrected chi connectivity index (χ3v) is 7.02. The highest BCUT2D eigenvalue weighted by Gasteiger charge is 2.32. The van der Waals surface area contributed by atoms with Crippen molar-refractivity contribution in [2.24, 2.45) is 5.41 Å². The normalized spacial score (nSPS) is 14.6. The standard InChI is InChI=1S/C23H26ClN3O5S/c1-23(2,22(30)26-33(31,32)19-12-8-17(24)9-13-19)15-25-21(29)16-6-10-18(11-7-16)27-14-4-3-5-20(27)28/h6-13H,3-5,14-15H2,1-2H3,(H,25,29)(H,26,30). The van der Waals surface area contributed by atoms with E-state index in [2.05, 4.69) is 5.32 Å². The first-order chi connectivity index (χ1) is 15.5. The van der Waals surface area contributed by atoms with Gasteiger partial charge in [-0.1, -0.05) is 11.6 Å². The van der Waals surface area contributed by atoms with Crippen molar-refractivity contribution < 1.29 is 22.8 Å². The summed E-state index contributed by atoms with van der Waals surface area (Å²) in [6, 6.07) is 12.1. The molecule has 0 atom stereocenters. The number of halogens is 1. The highest BCUT2D eigenvalue weighted by Crippen LogP contribution is 2.22. The van der Waals surface area contributed by atoms with Crippen molar-refractivity contribution in [1.29, 1.82) is 0 Å². The molecule has 0 spiro atoms. The van der Waals surface area contributed by atoms with Gasteiger partial charge in [-0.25, -0.2) is 13.1 Å². The Morgan fingerprint density at radius 1 is 1.03 bits per heavy atom. The molecule has 176 valence electrons. The van der Waals surface area contributed by atoms with Crippen molar-refractivity contribution >= 4 is 45.0 Å². The molecule has 1 fully saturated rings. The van der Waals surface area contributed by atoms with E-state index in [1.807, 2.05) is 4.72 Å². The van der Waals surface area contributed by atoms with Crippen LogP contribution in [0.5, 0.6) is 0 Å². The molecule has 0 radical (unpaired) electrons. The lowest BCUT2D eigenvalue weighted by Crippen LogP contribution is -2.46. The van der Waals surface area contributed by atoms with E-state index in [0.717, 1.165) is 18.5 Å². The second kappa shape index (κ2) is 9.93. The first kappa shape index (κ1) is 24.7. The summed E-state index contributed by atoms with van der Waals surface area (Å²) in [6.45, 7) is 3.64. The van der Waals surface area contributed by atoms with Gasteiger partial charge >= 0.3 is 0 Å². The number of hydrogen-bond acceptors (Lipinski definition) is 5. The minimum atomic E-state index is -4.07. The number of amides is 3. The van der Waals surface area contributed by atoms with Gasteiger partial charge < -0.3 is 10.2 Å². The van der Waals surface area contributed by atoms with Crippen molar-refractivity contribution in [3.05, 3.63) is 59.1 Å². The van der Waals surface area contributed by atoms with Crippen molar-refractivity contribution in [3.63, 3.8) is 0 Å². The van der Waals surface area contributed by atoms with Crippen LogP contribution in [0, 0.1) is 5.41 Å². The van der Waals surface area contributed by atoms with Gasteiger partial charge in [0.05, 0.1) is 10.3 Å². The molecule has 33 heavy (non-hydrogen) atoms. The van der Waals surface area contributed by atoms with E-state index in [9.17, 15) is 22.8 Å². The Bertz CT molecular complexity index is 1150. The molecule has 1 saturated heterocycles. The van der Waals surface area contributed by atoms with Crippen LogP contribution in [0.25, 0.3) is 0 Å². The minimum absolute atomic E-state index is 0.0692. The quantitative estimate of drug-likeness (QED) is 0.618. The average Bonchev–Trinajstić information content (AvgIpc) is 2.78. The summed E-state index contributed by atoms with van der Waals surface area (Å²) in [7, 11) is -4.07. The zero-order valence-corrected chi connectivity index (χ0v) is 20.0. The molecule has 0 aliphatic carbocycles. The number of nitrogens with zero attached hydrogens (tertiary/aromatic N) is 1. The van der Waals surface area contributed by atoms with Crippen molar-refractivity contribution in [2.75, 3.05) is 18.0 Å². The topological polar surface area (TPSA) is 113 Å². The molecular formula is C23H26ClN3O5S. The molecule has 0 saturated carbocycles. The predicted octanol–water partition coefficient (Wildman–Crippen LogP) is 3.12. The largest absolute Gasteiger partial charge is 0.351 e. The zero-order chi connectivity index (χ0) is 24.2. The third kappa shape index (κ3) is 6.11. The van der Waals surface area contributed by atoms with E-state index in [4.69, 9.17) is 11.6 Å². The summed E-state index contributed by atoms with van der Waals surface area (Å²) in [5.41, 5.74) is -0.0912. The van der Waals surface area contributed by atoms with Crippen LogP contribution < -0.4 is 14.9 Å². The molecule has 3 amide bonds. The maximum absolute atomic E-state index is 12.6. The lowest BCUT2D eigenvalue weighted by Gasteiger charge is -2.27. The van der Waals surface area contributed by atoms with Gasteiger partial charge in [0.15, 0.2) is 0 Å². The Labute approximate surface area is 198 Å². The number of hydrogen-bond donors (Lipinski definition) is 2. The van der Waals surface area contributed by atoms with Crippen LogP contribution in [0.15, 0.2) is 53.4 Å². The smallest absolute Gasteiger partial charge is 0.264 e. The molecule has 3 rings (SSSR count). The zero-order valence-electron chi connectivity index (χ0n) is 18.4. The average molecular weight is 492 g/mol. The van der Waals surface area contributed by atoms with E-state index in [1.165, 1.54) is 38.1 Å². The number of nitrogens with one attached hydrogen (secondary N) is 2. The van der Waals surface area contributed by atoms with Gasteiger partial charge in [-0.2, -0.15) is 0 Å². The fourth-order valence-corrected chi connectivity index (χ4v) is 4.55. The van der Waals surface area contributed by atoms with E-state index < -0.39 is 27.3 Å². The Kier molecular flexibility index (Phi) is 7.44. The SMILES string of the molecule is CC(C)(CNC(=O)c1ccc(N2CCCCC2=O)cc1)C(=O)NS(=O)(=O)c1ccc(Cl)cc1. The summed E-state index contributed by atoms with van der Waals surface area (Å²) in [5.74, 6) is -1.09. The first-order valence-electron chi connectivity index (χ1n) is 10.5. The highest BCUT2D eigenvalue weighted by atomic mass is 35.5. The predicted molar refractivity (Wildman–Crippen MR) is 126 cm³/mol. The van der Waals surface area contributed by atoms with Crippen LogP contribution in [0.2, 0.25) is 5.02 Å². The fourth-order valence-electron chi connectivity index (χ4n) is 3.29. The molecule has 1 aliphatic rings. The number of anilines is 1. The summed E-state index contributed by atoms with van der Waals surface area (Å²) in [6.07, 6.45) is 2.35. The van der Waals surface area contributed by atoms with Crippen LogP contribution in [-0.4, -0.2) is 39.2 Å². The van der Waals surface area contributed by atoms with Crippen LogP contribution in [0.1, 0.15) is 43.5 Å². The number of rotatable bonds is 7. The molecule has 2 N–H and O–H groups in total. The highest BCUT2D eigenvalue weighted by molar-refractivity contribution is 7.90. The molecular weight excluding hydrogens is 466 g/mol. The van der Waals surface area contributed by atoms with Gasteiger partial charge in [-0.05, 0) is 75.2 Å². The molecule has 0 aromatic heterocycles. The van der Waals surface area contributed by atoms with Crippen LogP contribution in [0.3, 0.4) is 0 Å². The molecule has 10 heteroatoms. The summed E-state index contributed by atoms with van der Waals surface area (Å²) < 4.78 is 27.0. The summed E-state index contributed by atoms with van der Waals surface area (Å²) in [4.78, 5) is 38.8. The molecule has 2 aromatic rings. The van der Waals surface area contributed by atoms with Gasteiger partial charge in [-0.3, -0.25) is 14.4 Å². The van der Waals surface area contributed by atoms with Crippen LogP contribution in [0.4, 0.5) is 5.69 Å². The van der Waals surface area contributed by atoms with E-state index in [1.54, 1.807) is 29.2 Å². The number of sulfonamides is 1. The minimum Gasteiger partial charge on any atom is -0.351 e. The molecule has 1 heterocycles. The molecule has 1 aliphatic heterocycles. The van der Waals surface area contributed by atoms with Crippen LogP contribution >= 0.6 is 11.6 Å². The number of piperidine rings is 1. The van der Waals surface area contributed by atoms with Crippen molar-refractivity contribution in [1.82, 2.24) is 10.0 Å². The molecule has 2 aromatic carbocycles. The lowest BCUT2D eigenvalue weighted by atomic mass is 9.92. The monoisotopic (exact) mass is 491 g/mol. The first-order valence-corrected chi connectivity index (χ1v) is 12.4.